The molecule has 1 aliphatic heterocycles. The summed E-state index contributed by atoms with van der Waals surface area (Å²) in [6, 6.07) is -0.0289. The third kappa shape index (κ3) is 6.39. The number of urea groups is 1. The van der Waals surface area contributed by atoms with Crippen LogP contribution in [0.2, 0.25) is 0 Å². The smallest absolute Gasteiger partial charge is 0.317 e. The molecule has 1 rings (SSSR count). The molecule has 0 aliphatic carbocycles. The summed E-state index contributed by atoms with van der Waals surface area (Å²) in [5, 5.41) is 12.1. The largest absolute Gasteiger partial charge is 0.392 e. The van der Waals surface area contributed by atoms with E-state index in [1.165, 1.54) is 0 Å². The Morgan fingerprint density at radius 1 is 1.39 bits per heavy atom. The van der Waals surface area contributed by atoms with Crippen LogP contribution in [0.3, 0.4) is 0 Å². The number of rotatable bonds is 5. The Hall–Kier alpha value is -0.560. The molecular formula is C11H24ClN3O3. The quantitative estimate of drug-likeness (QED) is 0.683. The molecule has 1 fully saturated rings. The van der Waals surface area contributed by atoms with Gasteiger partial charge in [0.1, 0.15) is 0 Å². The number of nitrogens with zero attached hydrogens (tertiary/aromatic N) is 2. The van der Waals surface area contributed by atoms with E-state index < -0.39 is 0 Å². The van der Waals surface area contributed by atoms with Crippen LogP contribution in [0.15, 0.2) is 0 Å². The van der Waals surface area contributed by atoms with Crippen molar-refractivity contribution in [3.05, 3.63) is 0 Å². The Morgan fingerprint density at radius 3 is 2.50 bits per heavy atom. The topological polar surface area (TPSA) is 65.0 Å². The van der Waals surface area contributed by atoms with Crippen LogP contribution in [0.4, 0.5) is 4.79 Å². The van der Waals surface area contributed by atoms with E-state index in [-0.39, 0.29) is 24.5 Å². The number of nitrogens with one attached hydrogen (secondary N) is 1. The lowest BCUT2D eigenvalue weighted by Crippen LogP contribution is -2.53. The maximum Gasteiger partial charge on any atom is 0.317 e. The minimum Gasteiger partial charge on any atom is -0.392 e. The van der Waals surface area contributed by atoms with Crippen LogP contribution in [-0.2, 0) is 4.74 Å². The van der Waals surface area contributed by atoms with Gasteiger partial charge in [0.15, 0.2) is 0 Å². The fraction of sp³-hybridized carbons (Fsp3) is 0.909. The Labute approximate surface area is 115 Å². The van der Waals surface area contributed by atoms with Crippen molar-refractivity contribution in [3.63, 3.8) is 0 Å². The maximum atomic E-state index is 11.7. The Kier molecular flexibility index (Phi) is 9.09. The van der Waals surface area contributed by atoms with Crippen LogP contribution in [0.25, 0.3) is 0 Å². The molecule has 18 heavy (non-hydrogen) atoms. The van der Waals surface area contributed by atoms with Gasteiger partial charge < -0.3 is 20.1 Å². The van der Waals surface area contributed by atoms with E-state index >= 15 is 0 Å². The number of aliphatic hydroxyl groups is 1. The van der Waals surface area contributed by atoms with Crippen LogP contribution in [0, 0.1) is 0 Å². The fourth-order valence-corrected chi connectivity index (χ4v) is 1.88. The summed E-state index contributed by atoms with van der Waals surface area (Å²) in [5.74, 6) is 0. The number of β-amino-alcohol motifs (C(OH)–C–C–N with tert-alkyl or cyclic N) is 1. The van der Waals surface area contributed by atoms with Crippen molar-refractivity contribution in [1.29, 1.82) is 0 Å². The Bertz CT molecular complexity index is 234. The summed E-state index contributed by atoms with van der Waals surface area (Å²) in [7, 11) is 1.61. The molecule has 0 aromatic rings. The van der Waals surface area contributed by atoms with E-state index in [9.17, 15) is 9.90 Å². The molecule has 0 spiro atoms. The van der Waals surface area contributed by atoms with Gasteiger partial charge in [-0.15, -0.1) is 12.4 Å². The van der Waals surface area contributed by atoms with E-state index in [4.69, 9.17) is 4.74 Å². The number of carbonyl (C=O) groups is 1. The average Bonchev–Trinajstić information content (AvgIpc) is 2.29. The summed E-state index contributed by atoms with van der Waals surface area (Å²) in [4.78, 5) is 15.7. The zero-order chi connectivity index (χ0) is 12.7. The molecule has 108 valence electrons. The summed E-state index contributed by atoms with van der Waals surface area (Å²) in [6.45, 7) is 6.61. The molecule has 0 radical (unpaired) electrons. The van der Waals surface area contributed by atoms with Crippen LogP contribution in [0.1, 0.15) is 6.92 Å². The van der Waals surface area contributed by atoms with Gasteiger partial charge in [-0.05, 0) is 6.92 Å². The molecule has 0 aromatic heterocycles. The molecule has 6 nitrogen and oxygen atoms in total. The van der Waals surface area contributed by atoms with Gasteiger partial charge in [0, 0.05) is 46.4 Å². The first-order chi connectivity index (χ1) is 8.13. The number of amides is 2. The van der Waals surface area contributed by atoms with E-state index in [1.54, 1.807) is 18.9 Å². The van der Waals surface area contributed by atoms with Crippen LogP contribution in [-0.4, -0.2) is 80.0 Å². The number of piperazine rings is 1. The van der Waals surface area contributed by atoms with E-state index in [2.05, 4.69) is 10.2 Å². The van der Waals surface area contributed by atoms with Crippen molar-refractivity contribution in [3.8, 4) is 0 Å². The fourth-order valence-electron chi connectivity index (χ4n) is 1.88. The zero-order valence-electron chi connectivity index (χ0n) is 11.1. The lowest BCUT2D eigenvalue weighted by Gasteiger charge is -2.35. The zero-order valence-corrected chi connectivity index (χ0v) is 11.9. The van der Waals surface area contributed by atoms with E-state index in [0.717, 1.165) is 13.1 Å². The number of aliphatic hydroxyl groups excluding tert-OH is 1. The highest BCUT2D eigenvalue weighted by atomic mass is 35.5. The minimum absolute atomic E-state index is 0. The summed E-state index contributed by atoms with van der Waals surface area (Å²) >= 11 is 0. The van der Waals surface area contributed by atoms with Crippen LogP contribution >= 0.6 is 12.4 Å². The van der Waals surface area contributed by atoms with Crippen LogP contribution < -0.4 is 5.32 Å². The predicted molar refractivity (Wildman–Crippen MR) is 72.2 cm³/mol. The molecule has 1 aliphatic rings. The van der Waals surface area contributed by atoms with Crippen molar-refractivity contribution >= 4 is 18.4 Å². The van der Waals surface area contributed by atoms with Gasteiger partial charge in [0.25, 0.3) is 0 Å². The van der Waals surface area contributed by atoms with E-state index in [0.29, 0.717) is 32.8 Å². The molecule has 1 atom stereocenters. The Morgan fingerprint density at radius 2 is 2.00 bits per heavy atom. The second kappa shape index (κ2) is 9.38. The highest BCUT2D eigenvalue weighted by Gasteiger charge is 2.21. The SMILES string of the molecule is COCCNC(=O)N1CCN(CC(C)O)CC1.Cl. The van der Waals surface area contributed by atoms with Crippen molar-refractivity contribution < 1.29 is 14.6 Å². The third-order valence-electron chi connectivity index (χ3n) is 2.76. The molecule has 1 heterocycles. The van der Waals surface area contributed by atoms with Gasteiger partial charge in [-0.3, -0.25) is 4.90 Å². The first-order valence-corrected chi connectivity index (χ1v) is 6.05. The van der Waals surface area contributed by atoms with Crippen molar-refractivity contribution in [2.45, 2.75) is 13.0 Å². The Balaban J connectivity index is 0.00000289. The monoisotopic (exact) mass is 281 g/mol. The maximum absolute atomic E-state index is 11.7. The first-order valence-electron chi connectivity index (χ1n) is 6.05. The molecule has 0 aromatic carbocycles. The standard InChI is InChI=1S/C11H23N3O3.ClH/c1-10(15)9-13-4-6-14(7-5-13)11(16)12-3-8-17-2;/h10,15H,3-9H2,1-2H3,(H,12,16);1H. The minimum atomic E-state index is -0.308. The predicted octanol–water partition coefficient (Wildman–Crippen LogP) is -0.237. The summed E-state index contributed by atoms with van der Waals surface area (Å²) < 4.78 is 4.87. The normalized spacial score (nSPS) is 18.1. The molecule has 2 amide bonds. The summed E-state index contributed by atoms with van der Waals surface area (Å²) in [6.07, 6.45) is -0.308. The van der Waals surface area contributed by atoms with Gasteiger partial charge in [-0.25, -0.2) is 4.79 Å². The molecule has 2 N–H and O–H groups in total. The number of halogens is 1. The molecular weight excluding hydrogens is 258 g/mol. The molecule has 0 bridgehead atoms. The summed E-state index contributed by atoms with van der Waals surface area (Å²) in [5.41, 5.74) is 0. The number of carbonyl (C=O) groups excluding carboxylic acids is 1. The van der Waals surface area contributed by atoms with Crippen molar-refractivity contribution in [1.82, 2.24) is 15.1 Å². The van der Waals surface area contributed by atoms with Gasteiger partial charge in [-0.1, -0.05) is 0 Å². The second-order valence-electron chi connectivity index (χ2n) is 4.36. The highest BCUT2D eigenvalue weighted by Crippen LogP contribution is 2.02. The van der Waals surface area contributed by atoms with Crippen molar-refractivity contribution in [2.24, 2.45) is 0 Å². The molecule has 0 saturated carbocycles. The van der Waals surface area contributed by atoms with Gasteiger partial charge in [0.2, 0.25) is 0 Å². The van der Waals surface area contributed by atoms with E-state index in [1.807, 2.05) is 0 Å². The van der Waals surface area contributed by atoms with Gasteiger partial charge in [0.05, 0.1) is 12.7 Å². The lowest BCUT2D eigenvalue weighted by atomic mass is 10.3. The second-order valence-corrected chi connectivity index (χ2v) is 4.36. The van der Waals surface area contributed by atoms with Crippen LogP contribution in [0.5, 0.6) is 0 Å². The average molecular weight is 282 g/mol. The number of hydrogen-bond acceptors (Lipinski definition) is 4. The first kappa shape index (κ1) is 17.4. The molecule has 1 unspecified atom stereocenters. The van der Waals surface area contributed by atoms with Crippen molar-refractivity contribution in [2.75, 3.05) is 53.0 Å². The highest BCUT2D eigenvalue weighted by molar-refractivity contribution is 5.85. The van der Waals surface area contributed by atoms with Gasteiger partial charge >= 0.3 is 6.03 Å². The van der Waals surface area contributed by atoms with Gasteiger partial charge in [-0.2, -0.15) is 0 Å². The number of ether oxygens (including phenoxy) is 1. The lowest BCUT2D eigenvalue weighted by molar-refractivity contribution is 0.0892. The number of hydrogen-bond donors (Lipinski definition) is 2. The number of methoxy groups -OCH3 is 1. The molecule has 1 saturated heterocycles. The molecule has 7 heteroatoms. The third-order valence-corrected chi connectivity index (χ3v) is 2.76.